The van der Waals surface area contributed by atoms with Crippen LogP contribution < -0.4 is 10.6 Å². The Morgan fingerprint density at radius 1 is 1.08 bits per heavy atom. The van der Waals surface area contributed by atoms with Crippen molar-refractivity contribution < 1.29 is 9.53 Å². The quantitative estimate of drug-likeness (QED) is 0.800. The summed E-state index contributed by atoms with van der Waals surface area (Å²) in [5, 5.41) is 6.75. The summed E-state index contributed by atoms with van der Waals surface area (Å²) in [7, 11) is 0. The lowest BCUT2D eigenvalue weighted by Gasteiger charge is -2.29. The van der Waals surface area contributed by atoms with Gasteiger partial charge < -0.3 is 15.4 Å². The molecule has 4 heteroatoms. The third-order valence-corrected chi connectivity index (χ3v) is 4.38. The van der Waals surface area contributed by atoms with Crippen LogP contribution in [0.2, 0.25) is 0 Å². The van der Waals surface area contributed by atoms with Crippen LogP contribution in [0, 0.1) is 0 Å². The number of rotatable bonds is 5. The van der Waals surface area contributed by atoms with Crippen molar-refractivity contribution >= 4 is 6.09 Å². The van der Waals surface area contributed by atoms with Crippen molar-refractivity contribution in [1.29, 1.82) is 0 Å². The molecule has 2 rings (SSSR count). The molecule has 2 atom stereocenters. The van der Waals surface area contributed by atoms with E-state index in [0.717, 1.165) is 32.2 Å². The van der Waals surface area contributed by atoms with Crippen molar-refractivity contribution in [3.8, 4) is 0 Å². The first-order valence-corrected chi connectivity index (χ1v) is 9.21. The van der Waals surface area contributed by atoms with E-state index in [9.17, 15) is 4.79 Å². The molecule has 1 aromatic carbocycles. The smallest absolute Gasteiger partial charge is 0.407 e. The zero-order chi connectivity index (χ0) is 17.4. The van der Waals surface area contributed by atoms with Gasteiger partial charge in [-0.1, -0.05) is 49.6 Å². The minimum Gasteiger partial charge on any atom is -0.444 e. The van der Waals surface area contributed by atoms with Crippen LogP contribution in [0.25, 0.3) is 0 Å². The number of carbonyl (C=O) groups is 1. The van der Waals surface area contributed by atoms with Crippen LogP contribution in [0.1, 0.15) is 58.4 Å². The van der Waals surface area contributed by atoms with Crippen molar-refractivity contribution in [3.05, 3.63) is 35.9 Å². The van der Waals surface area contributed by atoms with Crippen LogP contribution in [-0.2, 0) is 11.2 Å². The van der Waals surface area contributed by atoms with E-state index >= 15 is 0 Å². The minimum atomic E-state index is -0.453. The van der Waals surface area contributed by atoms with Gasteiger partial charge in [0.25, 0.3) is 0 Å². The Labute approximate surface area is 146 Å². The standard InChI is InChI=1S/C20H32N2O2/c1-20(2,3)24-19(23)22-18-13-9-5-8-12-17(18)21-15-14-16-10-6-4-7-11-16/h4,6-7,10-11,17-18,21H,5,8-9,12-15H2,1-3H3,(H,22,23). The Kier molecular flexibility index (Phi) is 7.10. The summed E-state index contributed by atoms with van der Waals surface area (Å²) >= 11 is 0. The number of hydrogen-bond acceptors (Lipinski definition) is 3. The minimum absolute atomic E-state index is 0.151. The van der Waals surface area contributed by atoms with Gasteiger partial charge >= 0.3 is 6.09 Å². The normalized spacial score (nSPS) is 21.8. The summed E-state index contributed by atoms with van der Waals surface area (Å²) in [6.45, 7) is 6.63. The number of amides is 1. The third-order valence-electron chi connectivity index (χ3n) is 4.38. The Morgan fingerprint density at radius 3 is 2.42 bits per heavy atom. The van der Waals surface area contributed by atoms with Gasteiger partial charge in [-0.2, -0.15) is 0 Å². The predicted molar refractivity (Wildman–Crippen MR) is 98.2 cm³/mol. The molecule has 0 radical (unpaired) electrons. The SMILES string of the molecule is CC(C)(C)OC(=O)NC1CCCCCC1NCCc1ccccc1. The van der Waals surface area contributed by atoms with Crippen LogP contribution >= 0.6 is 0 Å². The van der Waals surface area contributed by atoms with Gasteiger partial charge in [0.1, 0.15) is 5.60 Å². The van der Waals surface area contributed by atoms with E-state index in [0.29, 0.717) is 6.04 Å². The van der Waals surface area contributed by atoms with Crippen molar-refractivity contribution in [1.82, 2.24) is 10.6 Å². The van der Waals surface area contributed by atoms with Crippen LogP contribution in [0.3, 0.4) is 0 Å². The van der Waals surface area contributed by atoms with Crippen molar-refractivity contribution in [2.45, 2.75) is 77.0 Å². The largest absolute Gasteiger partial charge is 0.444 e. The Balaban J connectivity index is 1.85. The average molecular weight is 332 g/mol. The molecule has 134 valence electrons. The van der Waals surface area contributed by atoms with E-state index in [1.165, 1.54) is 18.4 Å². The highest BCUT2D eigenvalue weighted by Crippen LogP contribution is 2.19. The fourth-order valence-corrected chi connectivity index (χ4v) is 3.23. The monoisotopic (exact) mass is 332 g/mol. The first-order chi connectivity index (χ1) is 11.4. The Bertz CT molecular complexity index is 496. The summed E-state index contributed by atoms with van der Waals surface area (Å²) in [6.07, 6.45) is 6.45. The molecule has 0 aromatic heterocycles. The number of carbonyl (C=O) groups excluding carboxylic acids is 1. The maximum Gasteiger partial charge on any atom is 0.407 e. The molecule has 0 bridgehead atoms. The van der Waals surface area contributed by atoms with Crippen LogP contribution in [0.5, 0.6) is 0 Å². The lowest BCUT2D eigenvalue weighted by atomic mass is 10.0. The number of nitrogens with one attached hydrogen (secondary N) is 2. The van der Waals surface area contributed by atoms with Gasteiger partial charge in [0.05, 0.1) is 0 Å². The highest BCUT2D eigenvalue weighted by atomic mass is 16.6. The molecule has 1 fully saturated rings. The fourth-order valence-electron chi connectivity index (χ4n) is 3.23. The van der Waals surface area contributed by atoms with Crippen molar-refractivity contribution in [2.75, 3.05) is 6.54 Å². The molecule has 1 aromatic rings. The second-order valence-electron chi connectivity index (χ2n) is 7.69. The second kappa shape index (κ2) is 9.07. The summed E-state index contributed by atoms with van der Waals surface area (Å²) in [4.78, 5) is 12.1. The summed E-state index contributed by atoms with van der Waals surface area (Å²) in [5.74, 6) is 0. The Morgan fingerprint density at radius 2 is 1.75 bits per heavy atom. The lowest BCUT2D eigenvalue weighted by molar-refractivity contribution is 0.0490. The molecule has 0 saturated heterocycles. The molecule has 1 aliphatic rings. The lowest BCUT2D eigenvalue weighted by Crippen LogP contribution is -2.50. The Hall–Kier alpha value is -1.55. The fraction of sp³-hybridized carbons (Fsp3) is 0.650. The van der Waals surface area contributed by atoms with Gasteiger partial charge in [-0.25, -0.2) is 4.79 Å². The molecular formula is C20H32N2O2. The summed E-state index contributed by atoms with van der Waals surface area (Å²) in [5.41, 5.74) is 0.890. The first kappa shape index (κ1) is 18.8. The summed E-state index contributed by atoms with van der Waals surface area (Å²) < 4.78 is 5.43. The molecule has 2 unspecified atom stereocenters. The topological polar surface area (TPSA) is 50.4 Å². The molecule has 1 amide bonds. The highest BCUT2D eigenvalue weighted by Gasteiger charge is 2.26. The van der Waals surface area contributed by atoms with E-state index < -0.39 is 5.60 Å². The number of alkyl carbamates (subject to hydrolysis) is 1. The molecule has 1 saturated carbocycles. The molecule has 1 aliphatic carbocycles. The molecule has 0 spiro atoms. The van der Waals surface area contributed by atoms with E-state index in [4.69, 9.17) is 4.74 Å². The van der Waals surface area contributed by atoms with Crippen LogP contribution in [0.15, 0.2) is 30.3 Å². The zero-order valence-corrected chi connectivity index (χ0v) is 15.3. The maximum absolute atomic E-state index is 12.1. The molecule has 2 N–H and O–H groups in total. The predicted octanol–water partition coefficient (Wildman–Crippen LogP) is 4.04. The maximum atomic E-state index is 12.1. The number of hydrogen-bond donors (Lipinski definition) is 2. The molecular weight excluding hydrogens is 300 g/mol. The van der Waals surface area contributed by atoms with Crippen molar-refractivity contribution in [2.24, 2.45) is 0 Å². The average Bonchev–Trinajstić information content (AvgIpc) is 2.72. The molecule has 4 nitrogen and oxygen atoms in total. The van der Waals surface area contributed by atoms with Gasteiger partial charge in [0.15, 0.2) is 0 Å². The highest BCUT2D eigenvalue weighted by molar-refractivity contribution is 5.68. The van der Waals surface area contributed by atoms with Crippen LogP contribution in [0.4, 0.5) is 4.79 Å². The van der Waals surface area contributed by atoms with E-state index in [-0.39, 0.29) is 12.1 Å². The first-order valence-electron chi connectivity index (χ1n) is 9.21. The number of ether oxygens (including phenoxy) is 1. The zero-order valence-electron chi connectivity index (χ0n) is 15.3. The van der Waals surface area contributed by atoms with E-state index in [1.807, 2.05) is 26.8 Å². The van der Waals surface area contributed by atoms with E-state index in [2.05, 4.69) is 34.9 Å². The van der Waals surface area contributed by atoms with Gasteiger partial charge in [0.2, 0.25) is 0 Å². The van der Waals surface area contributed by atoms with E-state index in [1.54, 1.807) is 0 Å². The van der Waals surface area contributed by atoms with Gasteiger partial charge in [-0.15, -0.1) is 0 Å². The third kappa shape index (κ3) is 6.91. The summed E-state index contributed by atoms with van der Waals surface area (Å²) in [6, 6.07) is 11.0. The second-order valence-corrected chi connectivity index (χ2v) is 7.69. The van der Waals surface area contributed by atoms with Crippen molar-refractivity contribution in [3.63, 3.8) is 0 Å². The number of benzene rings is 1. The van der Waals surface area contributed by atoms with Gasteiger partial charge in [-0.05, 0) is 52.1 Å². The molecule has 0 aliphatic heterocycles. The molecule has 0 heterocycles. The van der Waals surface area contributed by atoms with Crippen LogP contribution in [-0.4, -0.2) is 30.3 Å². The van der Waals surface area contributed by atoms with Gasteiger partial charge in [-0.3, -0.25) is 0 Å². The van der Waals surface area contributed by atoms with Gasteiger partial charge in [0, 0.05) is 12.1 Å². The molecule has 24 heavy (non-hydrogen) atoms.